The van der Waals surface area contributed by atoms with Crippen LogP contribution in [-0.2, 0) is 14.3 Å². The first-order valence-electron chi connectivity index (χ1n) is 4.79. The van der Waals surface area contributed by atoms with E-state index in [1.807, 2.05) is 6.92 Å². The Hall–Kier alpha value is -0.980. The number of halogens is 1. The van der Waals surface area contributed by atoms with Crippen molar-refractivity contribution in [3.8, 4) is 0 Å². The standard InChI is InChI=1S/C10H12FNO3S/c1-7-2-4-8(5-3-7)16(13,14)15-10(12)6-9(10)11/h2-5,9H,6,12H2,1H3/t9-,10+/m1/s1. The number of aryl methyl sites for hydroxylation is 1. The topological polar surface area (TPSA) is 69.4 Å². The fourth-order valence-electron chi connectivity index (χ4n) is 1.26. The van der Waals surface area contributed by atoms with Crippen molar-refractivity contribution in [3.05, 3.63) is 29.8 Å². The summed E-state index contributed by atoms with van der Waals surface area (Å²) in [6.07, 6.45) is -1.49. The maximum atomic E-state index is 12.8. The normalized spacial score (nSPS) is 29.1. The molecule has 6 heteroatoms. The van der Waals surface area contributed by atoms with Gasteiger partial charge in [-0.05, 0) is 19.1 Å². The summed E-state index contributed by atoms with van der Waals surface area (Å²) in [4.78, 5) is -0.0120. The van der Waals surface area contributed by atoms with Gasteiger partial charge in [-0.2, -0.15) is 8.42 Å². The number of nitrogens with two attached hydrogens (primary N) is 1. The van der Waals surface area contributed by atoms with Gasteiger partial charge in [0.25, 0.3) is 10.1 Å². The van der Waals surface area contributed by atoms with Gasteiger partial charge in [0.2, 0.25) is 0 Å². The summed E-state index contributed by atoms with van der Waals surface area (Å²) >= 11 is 0. The SMILES string of the molecule is Cc1ccc(S(=O)(=O)O[C@@]2(N)C[C@H]2F)cc1. The zero-order valence-electron chi connectivity index (χ0n) is 8.68. The van der Waals surface area contributed by atoms with Gasteiger partial charge in [-0.15, -0.1) is 0 Å². The molecule has 0 amide bonds. The first-order valence-corrected chi connectivity index (χ1v) is 6.20. The van der Waals surface area contributed by atoms with E-state index >= 15 is 0 Å². The predicted molar refractivity (Wildman–Crippen MR) is 55.9 cm³/mol. The lowest BCUT2D eigenvalue weighted by Gasteiger charge is -2.10. The van der Waals surface area contributed by atoms with Crippen LogP contribution in [0.4, 0.5) is 4.39 Å². The molecule has 2 N–H and O–H groups in total. The third kappa shape index (κ3) is 2.09. The highest BCUT2D eigenvalue weighted by Gasteiger charge is 2.57. The van der Waals surface area contributed by atoms with E-state index in [0.29, 0.717) is 0 Å². The number of hydrogen-bond donors (Lipinski definition) is 1. The van der Waals surface area contributed by atoms with Crippen LogP contribution >= 0.6 is 0 Å². The molecule has 1 aliphatic carbocycles. The first kappa shape index (κ1) is 11.5. The van der Waals surface area contributed by atoms with E-state index in [1.54, 1.807) is 12.1 Å². The number of alkyl halides is 1. The molecule has 0 radical (unpaired) electrons. The molecule has 2 rings (SSSR count). The van der Waals surface area contributed by atoms with Crippen LogP contribution in [0, 0.1) is 6.92 Å². The lowest BCUT2D eigenvalue weighted by Crippen LogP contribution is -2.32. The highest BCUT2D eigenvalue weighted by Crippen LogP contribution is 2.40. The van der Waals surface area contributed by atoms with Gasteiger partial charge in [0.05, 0.1) is 4.90 Å². The second kappa shape index (κ2) is 3.51. The Bertz CT molecular complexity index is 499. The van der Waals surface area contributed by atoms with Crippen molar-refractivity contribution < 1.29 is 17.0 Å². The molecule has 0 heterocycles. The summed E-state index contributed by atoms with van der Waals surface area (Å²) in [5.74, 6) is 0. The van der Waals surface area contributed by atoms with Gasteiger partial charge in [-0.25, -0.2) is 8.57 Å². The van der Waals surface area contributed by atoms with Gasteiger partial charge in [0, 0.05) is 6.42 Å². The van der Waals surface area contributed by atoms with Crippen molar-refractivity contribution in [2.24, 2.45) is 5.73 Å². The summed E-state index contributed by atoms with van der Waals surface area (Å²) in [5, 5.41) is 0. The van der Waals surface area contributed by atoms with E-state index in [2.05, 4.69) is 4.18 Å². The molecule has 4 nitrogen and oxygen atoms in total. The van der Waals surface area contributed by atoms with Crippen molar-refractivity contribution >= 4 is 10.1 Å². The van der Waals surface area contributed by atoms with Gasteiger partial charge in [-0.3, -0.25) is 5.73 Å². The molecule has 0 bridgehead atoms. The number of rotatable bonds is 3. The van der Waals surface area contributed by atoms with Gasteiger partial charge in [0.1, 0.15) is 6.17 Å². The van der Waals surface area contributed by atoms with Crippen LogP contribution in [0.25, 0.3) is 0 Å². The van der Waals surface area contributed by atoms with Crippen molar-refractivity contribution in [3.63, 3.8) is 0 Å². The molecule has 1 aliphatic rings. The number of hydrogen-bond acceptors (Lipinski definition) is 4. The van der Waals surface area contributed by atoms with Gasteiger partial charge < -0.3 is 0 Å². The van der Waals surface area contributed by atoms with Crippen molar-refractivity contribution in [1.29, 1.82) is 0 Å². The van der Waals surface area contributed by atoms with E-state index in [4.69, 9.17) is 5.73 Å². The zero-order valence-corrected chi connectivity index (χ0v) is 9.50. The average Bonchev–Trinajstić information content (AvgIpc) is 2.72. The Morgan fingerprint density at radius 3 is 2.38 bits per heavy atom. The summed E-state index contributed by atoms with van der Waals surface area (Å²) in [6.45, 7) is 1.83. The summed E-state index contributed by atoms with van der Waals surface area (Å²) in [7, 11) is -3.97. The van der Waals surface area contributed by atoms with Crippen LogP contribution < -0.4 is 5.73 Å². The molecule has 1 aromatic rings. The monoisotopic (exact) mass is 245 g/mol. The fraction of sp³-hybridized carbons (Fsp3) is 0.400. The third-order valence-electron chi connectivity index (χ3n) is 2.44. The minimum atomic E-state index is -3.97. The first-order chi connectivity index (χ1) is 7.33. The Balaban J connectivity index is 2.23. The lowest BCUT2D eigenvalue weighted by atomic mass is 10.2. The molecule has 16 heavy (non-hydrogen) atoms. The molecule has 1 saturated carbocycles. The van der Waals surface area contributed by atoms with Crippen LogP contribution in [0.5, 0.6) is 0 Å². The van der Waals surface area contributed by atoms with Crippen molar-refractivity contribution in [2.75, 3.05) is 0 Å². The second-order valence-corrected chi connectivity index (χ2v) is 5.52. The Morgan fingerprint density at radius 1 is 1.44 bits per heavy atom. The molecular weight excluding hydrogens is 233 g/mol. The van der Waals surface area contributed by atoms with Gasteiger partial charge in [-0.1, -0.05) is 17.7 Å². The van der Waals surface area contributed by atoms with Crippen LogP contribution in [-0.4, -0.2) is 20.3 Å². The Morgan fingerprint density at radius 2 is 1.94 bits per heavy atom. The zero-order chi connectivity index (χ0) is 12.0. The Kier molecular flexibility index (Phi) is 2.52. The molecule has 0 unspecified atom stereocenters. The van der Waals surface area contributed by atoms with Crippen LogP contribution in [0.15, 0.2) is 29.2 Å². The summed E-state index contributed by atoms with van der Waals surface area (Å²) in [6, 6.07) is 6.09. The molecule has 1 aromatic carbocycles. The average molecular weight is 245 g/mol. The largest absolute Gasteiger partial charge is 0.300 e. The minimum Gasteiger partial charge on any atom is -0.300 e. The maximum Gasteiger partial charge on any atom is 0.298 e. The van der Waals surface area contributed by atoms with Crippen molar-refractivity contribution in [1.82, 2.24) is 0 Å². The smallest absolute Gasteiger partial charge is 0.298 e. The Labute approximate surface area is 93.3 Å². The van der Waals surface area contributed by atoms with Gasteiger partial charge >= 0.3 is 0 Å². The summed E-state index contributed by atoms with van der Waals surface area (Å²) < 4.78 is 40.8. The van der Waals surface area contributed by atoms with Crippen LogP contribution in [0.3, 0.4) is 0 Å². The minimum absolute atomic E-state index is 0.0120. The predicted octanol–water partition coefficient (Wildman–Crippen LogP) is 1.10. The van der Waals surface area contributed by atoms with Crippen LogP contribution in [0.2, 0.25) is 0 Å². The van der Waals surface area contributed by atoms with Crippen molar-refractivity contribution in [2.45, 2.75) is 30.1 Å². The highest BCUT2D eigenvalue weighted by atomic mass is 32.2. The fourth-order valence-corrected chi connectivity index (χ4v) is 2.41. The van der Waals surface area contributed by atoms with Crippen LogP contribution in [0.1, 0.15) is 12.0 Å². The van der Waals surface area contributed by atoms with E-state index in [1.165, 1.54) is 12.1 Å². The second-order valence-electron chi connectivity index (χ2n) is 3.98. The van der Waals surface area contributed by atoms with E-state index < -0.39 is 22.0 Å². The molecule has 0 spiro atoms. The number of benzene rings is 1. The summed E-state index contributed by atoms with van der Waals surface area (Å²) in [5.41, 5.74) is 4.63. The van der Waals surface area contributed by atoms with E-state index in [-0.39, 0.29) is 11.3 Å². The van der Waals surface area contributed by atoms with Gasteiger partial charge in [0.15, 0.2) is 5.72 Å². The molecule has 1 fully saturated rings. The molecule has 0 aliphatic heterocycles. The van der Waals surface area contributed by atoms with E-state index in [9.17, 15) is 12.8 Å². The molecule has 0 aromatic heterocycles. The highest BCUT2D eigenvalue weighted by molar-refractivity contribution is 7.86. The molecule has 0 saturated heterocycles. The molecular formula is C10H12FNO3S. The lowest BCUT2D eigenvalue weighted by molar-refractivity contribution is 0.160. The molecule has 88 valence electrons. The molecule has 2 atom stereocenters. The maximum absolute atomic E-state index is 12.8. The quantitative estimate of drug-likeness (QED) is 0.639. The van der Waals surface area contributed by atoms with E-state index in [0.717, 1.165) is 5.56 Å². The third-order valence-corrected chi connectivity index (χ3v) is 3.82.